The summed E-state index contributed by atoms with van der Waals surface area (Å²) in [6.07, 6.45) is 2.52. The van der Waals surface area contributed by atoms with Crippen molar-refractivity contribution in [3.63, 3.8) is 0 Å². The summed E-state index contributed by atoms with van der Waals surface area (Å²) in [6, 6.07) is 6.41. The number of fused-ring (bicyclic) bond motifs is 1. The van der Waals surface area contributed by atoms with Crippen molar-refractivity contribution in [3.8, 4) is 11.3 Å². The molecule has 1 aromatic carbocycles. The van der Waals surface area contributed by atoms with E-state index in [1.54, 1.807) is 23.0 Å². The van der Waals surface area contributed by atoms with Gasteiger partial charge >= 0.3 is 0 Å². The Morgan fingerprint density at radius 1 is 1.15 bits per heavy atom. The molecule has 0 bridgehead atoms. The van der Waals surface area contributed by atoms with Crippen LogP contribution in [0.1, 0.15) is 56.2 Å². The largest absolute Gasteiger partial charge is 0.394 e. The zero-order valence-electron chi connectivity index (χ0n) is 18.6. The number of aromatic amines is 1. The molecule has 0 saturated heterocycles. The predicted molar refractivity (Wildman–Crippen MR) is 121 cm³/mol. The fourth-order valence-corrected chi connectivity index (χ4v) is 3.83. The van der Waals surface area contributed by atoms with Crippen molar-refractivity contribution in [1.29, 1.82) is 0 Å². The Morgan fingerprint density at radius 2 is 1.88 bits per heavy atom. The van der Waals surface area contributed by atoms with Gasteiger partial charge in [-0.1, -0.05) is 26.8 Å². The van der Waals surface area contributed by atoms with Crippen molar-refractivity contribution in [2.24, 2.45) is 0 Å². The number of rotatable bonds is 7. The van der Waals surface area contributed by atoms with Gasteiger partial charge in [0.05, 0.1) is 24.0 Å². The molecule has 2 N–H and O–H groups in total. The highest BCUT2D eigenvalue weighted by Gasteiger charge is 2.22. The highest BCUT2D eigenvalue weighted by molar-refractivity contribution is 5.78. The van der Waals surface area contributed by atoms with E-state index in [0.717, 1.165) is 11.6 Å². The van der Waals surface area contributed by atoms with Gasteiger partial charge in [-0.2, -0.15) is 5.10 Å². The van der Waals surface area contributed by atoms with Gasteiger partial charge in [-0.15, -0.1) is 0 Å². The van der Waals surface area contributed by atoms with Gasteiger partial charge in [0.1, 0.15) is 22.8 Å². The Bertz CT molecular complexity index is 1320. The van der Waals surface area contributed by atoms with E-state index in [9.17, 15) is 18.7 Å². The number of nitrogens with zero attached hydrogens (tertiary/aromatic N) is 4. The van der Waals surface area contributed by atoms with Crippen molar-refractivity contribution in [1.82, 2.24) is 24.7 Å². The van der Waals surface area contributed by atoms with E-state index in [1.165, 1.54) is 12.1 Å². The number of nitrogens with one attached hydrogen (secondary N) is 1. The first-order chi connectivity index (χ1) is 15.8. The van der Waals surface area contributed by atoms with Crippen molar-refractivity contribution < 1.29 is 13.9 Å². The molecule has 4 rings (SSSR count). The summed E-state index contributed by atoms with van der Waals surface area (Å²) in [4.78, 5) is 24.7. The van der Waals surface area contributed by atoms with Gasteiger partial charge in [0, 0.05) is 24.2 Å². The van der Waals surface area contributed by atoms with Gasteiger partial charge < -0.3 is 10.1 Å². The van der Waals surface area contributed by atoms with Crippen LogP contribution in [-0.4, -0.2) is 36.4 Å². The number of halogens is 2. The van der Waals surface area contributed by atoms with Crippen LogP contribution in [0.15, 0.2) is 41.3 Å². The minimum Gasteiger partial charge on any atom is -0.394 e. The minimum absolute atomic E-state index is 0.0168. The lowest BCUT2D eigenvalue weighted by molar-refractivity contribution is 0.217. The maximum absolute atomic E-state index is 13.5. The molecule has 0 spiro atoms. The molecular weight excluding hydrogens is 428 g/mol. The lowest BCUT2D eigenvalue weighted by Gasteiger charge is -2.13. The third kappa shape index (κ3) is 4.54. The average Bonchev–Trinajstić information content (AvgIpc) is 3.15. The first kappa shape index (κ1) is 22.7. The van der Waals surface area contributed by atoms with Crippen LogP contribution in [0.4, 0.5) is 8.78 Å². The van der Waals surface area contributed by atoms with E-state index < -0.39 is 11.6 Å². The van der Waals surface area contributed by atoms with Crippen molar-refractivity contribution >= 4 is 11.0 Å². The van der Waals surface area contributed by atoms with Crippen molar-refractivity contribution in [2.45, 2.75) is 45.6 Å². The number of aliphatic hydroxyl groups is 1. The fraction of sp³-hybridized carbons (Fsp3) is 0.333. The molecular formula is C24H25F2N5O2. The number of H-pyrrole nitrogens is 1. The summed E-state index contributed by atoms with van der Waals surface area (Å²) in [5.41, 5.74) is 2.35. The second-order valence-electron chi connectivity index (χ2n) is 8.33. The smallest absolute Gasteiger partial charge is 0.262 e. The van der Waals surface area contributed by atoms with Crippen molar-refractivity contribution in [2.75, 3.05) is 6.61 Å². The molecule has 0 aliphatic rings. The number of hydrogen-bond donors (Lipinski definition) is 2. The molecule has 0 aliphatic carbocycles. The first-order valence-corrected chi connectivity index (χ1v) is 10.8. The van der Waals surface area contributed by atoms with Gasteiger partial charge in [-0.25, -0.2) is 18.4 Å². The van der Waals surface area contributed by atoms with Crippen LogP contribution < -0.4 is 5.56 Å². The Morgan fingerprint density at radius 3 is 2.45 bits per heavy atom. The number of pyridine rings is 1. The van der Waals surface area contributed by atoms with Crippen LogP contribution in [0.3, 0.4) is 0 Å². The lowest BCUT2D eigenvalue weighted by atomic mass is 10.1. The summed E-state index contributed by atoms with van der Waals surface area (Å²) in [5.74, 6) is -0.889. The zero-order valence-corrected chi connectivity index (χ0v) is 18.6. The quantitative estimate of drug-likeness (QED) is 0.439. The van der Waals surface area contributed by atoms with Crippen LogP contribution in [-0.2, 0) is 6.42 Å². The highest BCUT2D eigenvalue weighted by Crippen LogP contribution is 2.25. The van der Waals surface area contributed by atoms with E-state index in [4.69, 9.17) is 0 Å². The number of aromatic nitrogens is 5. The topological polar surface area (TPSA) is 96.7 Å². The van der Waals surface area contributed by atoms with Crippen molar-refractivity contribution in [3.05, 3.63) is 75.6 Å². The molecule has 0 radical (unpaired) electrons. The Labute approximate surface area is 189 Å². The molecule has 33 heavy (non-hydrogen) atoms. The second kappa shape index (κ2) is 9.19. The summed E-state index contributed by atoms with van der Waals surface area (Å²) >= 11 is 0. The molecule has 0 saturated carbocycles. The molecule has 1 unspecified atom stereocenters. The Kier molecular flexibility index (Phi) is 6.33. The molecule has 3 aromatic heterocycles. The molecule has 7 nitrogen and oxygen atoms in total. The fourth-order valence-electron chi connectivity index (χ4n) is 3.83. The average molecular weight is 453 g/mol. The monoisotopic (exact) mass is 453 g/mol. The Balaban J connectivity index is 1.70. The van der Waals surface area contributed by atoms with E-state index >= 15 is 0 Å². The zero-order chi connectivity index (χ0) is 23.7. The number of hydrogen-bond acceptors (Lipinski definition) is 5. The van der Waals surface area contributed by atoms with E-state index in [2.05, 4.69) is 20.1 Å². The third-order valence-corrected chi connectivity index (χ3v) is 5.57. The predicted octanol–water partition coefficient (Wildman–Crippen LogP) is 4.12. The van der Waals surface area contributed by atoms with Crippen LogP contribution >= 0.6 is 0 Å². The van der Waals surface area contributed by atoms with Crippen LogP contribution in [0.25, 0.3) is 22.3 Å². The maximum Gasteiger partial charge on any atom is 0.262 e. The minimum atomic E-state index is -0.670. The molecule has 0 aliphatic heterocycles. The van der Waals surface area contributed by atoms with E-state index in [1.807, 2.05) is 20.8 Å². The summed E-state index contributed by atoms with van der Waals surface area (Å²) < 4.78 is 28.7. The normalized spacial score (nSPS) is 12.6. The van der Waals surface area contributed by atoms with Crippen LogP contribution in [0.5, 0.6) is 0 Å². The first-order valence-electron chi connectivity index (χ1n) is 10.8. The molecule has 0 fully saturated rings. The van der Waals surface area contributed by atoms with Gasteiger partial charge in [0.25, 0.3) is 5.56 Å². The molecule has 172 valence electrons. The molecule has 4 aromatic rings. The molecule has 0 amide bonds. The molecule has 3 heterocycles. The Hall–Kier alpha value is -3.46. The van der Waals surface area contributed by atoms with Gasteiger partial charge in [-0.05, 0) is 36.1 Å². The summed E-state index contributed by atoms with van der Waals surface area (Å²) in [5, 5.41) is 14.8. The maximum atomic E-state index is 13.5. The van der Waals surface area contributed by atoms with E-state index in [0.29, 0.717) is 46.7 Å². The van der Waals surface area contributed by atoms with E-state index in [-0.39, 0.29) is 24.1 Å². The number of aliphatic hydroxyl groups excluding tert-OH is 1. The van der Waals surface area contributed by atoms with Crippen LogP contribution in [0.2, 0.25) is 0 Å². The highest BCUT2D eigenvalue weighted by atomic mass is 19.1. The van der Waals surface area contributed by atoms with Gasteiger partial charge in [0.15, 0.2) is 5.65 Å². The SMILES string of the molecule is CCC(CO)n1nc(C(C)C)c2c(=O)[nH]c(Cc3ccc(-c4cc(F)cc(F)c4)nc3)nc21. The lowest BCUT2D eigenvalue weighted by Crippen LogP contribution is -2.17. The van der Waals surface area contributed by atoms with Gasteiger partial charge in [-0.3, -0.25) is 9.78 Å². The van der Waals surface area contributed by atoms with Crippen LogP contribution in [0, 0.1) is 11.6 Å². The molecule has 1 atom stereocenters. The second-order valence-corrected chi connectivity index (χ2v) is 8.33. The molecule has 9 heteroatoms. The standard InChI is InChI=1S/C24H25F2N5O2/c1-4-18(12-32)31-23-21(22(30-31)13(2)3)24(33)29-20(28-23)7-14-5-6-19(27-11-14)15-8-16(25)10-17(26)9-15/h5-6,8-11,13,18,32H,4,7,12H2,1-3H3,(H,28,29,33). The summed E-state index contributed by atoms with van der Waals surface area (Å²) in [6.45, 7) is 5.74. The van der Waals surface area contributed by atoms with Gasteiger partial charge in [0.2, 0.25) is 0 Å². The number of benzene rings is 1. The summed E-state index contributed by atoms with van der Waals surface area (Å²) in [7, 11) is 0. The third-order valence-electron chi connectivity index (χ3n) is 5.57.